The molecular weight excluding hydrogens is 277 g/mol. The van der Waals surface area contributed by atoms with Crippen LogP contribution in [0.3, 0.4) is 0 Å². The van der Waals surface area contributed by atoms with Gasteiger partial charge in [0.2, 0.25) is 0 Å². The van der Waals surface area contributed by atoms with Gasteiger partial charge in [0.15, 0.2) is 5.70 Å². The number of fused-ring (bicyclic) bond motifs is 1. The zero-order valence-corrected chi connectivity index (χ0v) is 13.0. The maximum atomic E-state index is 13.3. The van der Waals surface area contributed by atoms with Crippen LogP contribution < -0.4 is 0 Å². The Morgan fingerprint density at radius 2 is 2.14 bits per heavy atom. The Balaban J connectivity index is 1.95. The van der Waals surface area contributed by atoms with Crippen molar-refractivity contribution >= 4 is 0 Å². The van der Waals surface area contributed by atoms with Gasteiger partial charge in [-0.05, 0) is 48.8 Å². The lowest BCUT2D eigenvalue weighted by atomic mass is 9.69. The van der Waals surface area contributed by atoms with E-state index in [4.69, 9.17) is 11.3 Å². The van der Waals surface area contributed by atoms with E-state index >= 15 is 0 Å². The average Bonchev–Trinajstić information content (AvgIpc) is 2.92. The van der Waals surface area contributed by atoms with Gasteiger partial charge < -0.3 is 4.74 Å². The van der Waals surface area contributed by atoms with Crippen molar-refractivity contribution in [1.82, 2.24) is 0 Å². The molecule has 116 valence electrons. The number of allylic oxidation sites excluding steroid dienone is 2. The summed E-state index contributed by atoms with van der Waals surface area (Å²) in [5, 5.41) is 0. The van der Waals surface area contributed by atoms with Gasteiger partial charge in [0, 0.05) is 0 Å². The molecule has 0 amide bonds. The normalized spacial score (nSPS) is 30.5. The van der Waals surface area contributed by atoms with E-state index in [2.05, 4.69) is 17.8 Å². The first-order valence-corrected chi connectivity index (χ1v) is 8.16. The third-order valence-electron chi connectivity index (χ3n) is 5.18. The molecule has 22 heavy (non-hydrogen) atoms. The topological polar surface area (TPSA) is 13.6 Å². The van der Waals surface area contributed by atoms with Crippen LogP contribution in [-0.2, 0) is 10.3 Å². The summed E-state index contributed by atoms with van der Waals surface area (Å²) in [6.45, 7) is 10.1. The summed E-state index contributed by atoms with van der Waals surface area (Å²) in [6, 6.07) is 6.81. The molecule has 1 fully saturated rings. The van der Waals surface area contributed by atoms with Gasteiger partial charge >= 0.3 is 0 Å². The number of halogens is 1. The average molecular weight is 299 g/mol. The minimum Gasteiger partial charge on any atom is -0.370 e. The number of benzene rings is 1. The first-order chi connectivity index (χ1) is 10.7. The van der Waals surface area contributed by atoms with Crippen LogP contribution in [0.25, 0.3) is 4.85 Å². The summed E-state index contributed by atoms with van der Waals surface area (Å²) in [6.07, 6.45) is 6.98. The number of hydrogen-bond donors (Lipinski definition) is 0. The van der Waals surface area contributed by atoms with Crippen molar-refractivity contribution in [1.29, 1.82) is 0 Å². The minimum absolute atomic E-state index is 0.206. The summed E-state index contributed by atoms with van der Waals surface area (Å²) in [4.78, 5) is 3.61. The largest absolute Gasteiger partial charge is 0.370 e. The number of unbranched alkanes of at least 4 members (excludes halogenated alkanes) is 1. The molecule has 2 aliphatic rings. The molecule has 1 aliphatic heterocycles. The van der Waals surface area contributed by atoms with E-state index in [1.54, 1.807) is 0 Å². The van der Waals surface area contributed by atoms with Gasteiger partial charge in [-0.2, -0.15) is 0 Å². The predicted molar refractivity (Wildman–Crippen MR) is 84.5 cm³/mol. The molecular formula is C19H22FNO. The lowest BCUT2D eigenvalue weighted by Gasteiger charge is -2.38. The molecule has 0 N–H and O–H groups in total. The SMILES string of the molecule is [C-]#[N+]C1=CCC2C(COC2(CCCC)c2ccc(F)cc2)C1. The first-order valence-electron chi connectivity index (χ1n) is 8.16. The molecule has 1 aromatic rings. The van der Waals surface area contributed by atoms with Gasteiger partial charge in [0.1, 0.15) is 5.82 Å². The molecule has 3 rings (SSSR count). The zero-order valence-electron chi connectivity index (χ0n) is 13.0. The quantitative estimate of drug-likeness (QED) is 0.708. The molecule has 0 radical (unpaired) electrons. The van der Waals surface area contributed by atoms with Crippen LogP contribution in [0.5, 0.6) is 0 Å². The van der Waals surface area contributed by atoms with E-state index in [1.165, 1.54) is 12.1 Å². The molecule has 1 saturated heterocycles. The summed E-state index contributed by atoms with van der Waals surface area (Å²) >= 11 is 0. The fourth-order valence-electron chi connectivity index (χ4n) is 4.02. The van der Waals surface area contributed by atoms with Crippen LogP contribution in [0, 0.1) is 24.2 Å². The van der Waals surface area contributed by atoms with E-state index in [0.717, 1.165) is 43.4 Å². The number of hydrogen-bond acceptors (Lipinski definition) is 1. The Labute approximate surface area is 131 Å². The molecule has 3 heteroatoms. The molecule has 3 unspecified atom stereocenters. The maximum Gasteiger partial charge on any atom is 0.162 e. The Hall–Kier alpha value is -1.66. The molecule has 0 aromatic heterocycles. The second kappa shape index (κ2) is 6.22. The highest BCUT2D eigenvalue weighted by Gasteiger charge is 2.50. The molecule has 3 atom stereocenters. The third kappa shape index (κ3) is 2.57. The Morgan fingerprint density at radius 1 is 1.36 bits per heavy atom. The van der Waals surface area contributed by atoms with Crippen molar-refractivity contribution < 1.29 is 9.13 Å². The van der Waals surface area contributed by atoms with Crippen LogP contribution in [-0.4, -0.2) is 6.61 Å². The second-order valence-corrected chi connectivity index (χ2v) is 6.42. The van der Waals surface area contributed by atoms with E-state index < -0.39 is 0 Å². The second-order valence-electron chi connectivity index (χ2n) is 6.42. The zero-order chi connectivity index (χ0) is 15.6. The van der Waals surface area contributed by atoms with Gasteiger partial charge in [-0.25, -0.2) is 9.24 Å². The standard InChI is InChI=1S/C19H22FNO/c1-3-4-11-19(15-5-7-16(20)8-6-15)18-10-9-17(21-2)12-14(18)13-22-19/h5-9,14,18H,3-4,10-13H2,1H3. The van der Waals surface area contributed by atoms with Crippen molar-refractivity contribution in [3.63, 3.8) is 0 Å². The highest BCUT2D eigenvalue weighted by Crippen LogP contribution is 2.52. The fraction of sp³-hybridized carbons (Fsp3) is 0.526. The Morgan fingerprint density at radius 3 is 2.82 bits per heavy atom. The molecule has 0 spiro atoms. The van der Waals surface area contributed by atoms with E-state index in [9.17, 15) is 4.39 Å². The first kappa shape index (κ1) is 15.2. The Kier molecular flexibility index (Phi) is 4.31. The summed E-state index contributed by atoms with van der Waals surface area (Å²) < 4.78 is 19.6. The van der Waals surface area contributed by atoms with Crippen molar-refractivity contribution in [2.75, 3.05) is 6.61 Å². The van der Waals surface area contributed by atoms with Gasteiger partial charge in [-0.1, -0.05) is 38.0 Å². The van der Waals surface area contributed by atoms with E-state index in [1.807, 2.05) is 12.1 Å². The van der Waals surface area contributed by atoms with Crippen molar-refractivity contribution in [2.24, 2.45) is 11.8 Å². The van der Waals surface area contributed by atoms with E-state index in [0.29, 0.717) is 18.4 Å². The Bertz CT molecular complexity index is 601. The third-order valence-corrected chi connectivity index (χ3v) is 5.18. The number of rotatable bonds is 4. The van der Waals surface area contributed by atoms with Gasteiger partial charge in [-0.15, -0.1) is 0 Å². The molecule has 2 nitrogen and oxygen atoms in total. The van der Waals surface area contributed by atoms with Crippen molar-refractivity contribution in [3.05, 3.63) is 58.8 Å². The van der Waals surface area contributed by atoms with E-state index in [-0.39, 0.29) is 11.4 Å². The summed E-state index contributed by atoms with van der Waals surface area (Å²) in [5.74, 6) is 0.605. The molecule has 1 heterocycles. The maximum absolute atomic E-state index is 13.3. The smallest absolute Gasteiger partial charge is 0.162 e. The van der Waals surface area contributed by atoms with Crippen LogP contribution in [0.2, 0.25) is 0 Å². The van der Waals surface area contributed by atoms with Crippen LogP contribution in [0.1, 0.15) is 44.6 Å². The monoisotopic (exact) mass is 299 g/mol. The highest BCUT2D eigenvalue weighted by atomic mass is 19.1. The highest BCUT2D eigenvalue weighted by molar-refractivity contribution is 5.29. The minimum atomic E-state index is -0.307. The summed E-state index contributed by atoms with van der Waals surface area (Å²) in [5.41, 5.74) is 1.66. The van der Waals surface area contributed by atoms with Gasteiger partial charge in [0.05, 0.1) is 18.8 Å². The predicted octanol–water partition coefficient (Wildman–Crippen LogP) is 5.07. The van der Waals surface area contributed by atoms with Crippen LogP contribution in [0.4, 0.5) is 4.39 Å². The van der Waals surface area contributed by atoms with Gasteiger partial charge in [0.25, 0.3) is 0 Å². The molecule has 1 aromatic carbocycles. The summed E-state index contributed by atoms with van der Waals surface area (Å²) in [7, 11) is 0. The molecule has 0 bridgehead atoms. The van der Waals surface area contributed by atoms with Crippen molar-refractivity contribution in [3.8, 4) is 0 Å². The lowest BCUT2D eigenvalue weighted by molar-refractivity contribution is -0.0353. The molecule has 0 saturated carbocycles. The number of ether oxygens (including phenoxy) is 1. The number of nitrogens with zero attached hydrogens (tertiary/aromatic N) is 1. The van der Waals surface area contributed by atoms with Crippen molar-refractivity contribution in [2.45, 2.75) is 44.6 Å². The molecule has 1 aliphatic carbocycles. The lowest BCUT2D eigenvalue weighted by Crippen LogP contribution is -2.35. The van der Waals surface area contributed by atoms with Gasteiger partial charge in [-0.3, -0.25) is 0 Å². The van der Waals surface area contributed by atoms with Crippen LogP contribution >= 0.6 is 0 Å². The fourth-order valence-corrected chi connectivity index (χ4v) is 4.02. The van der Waals surface area contributed by atoms with Crippen LogP contribution in [0.15, 0.2) is 36.0 Å².